The van der Waals surface area contributed by atoms with E-state index < -0.39 is 0 Å². The summed E-state index contributed by atoms with van der Waals surface area (Å²) in [5.41, 5.74) is 0.865. The molecule has 1 saturated heterocycles. The zero-order chi connectivity index (χ0) is 15.4. The molecule has 0 bridgehead atoms. The van der Waals surface area contributed by atoms with E-state index in [1.165, 1.54) is 7.11 Å². The van der Waals surface area contributed by atoms with Gasteiger partial charge in [0.05, 0.1) is 13.2 Å². The molecule has 0 saturated carbocycles. The summed E-state index contributed by atoms with van der Waals surface area (Å²) in [5, 5.41) is 19.2. The fourth-order valence-electron chi connectivity index (χ4n) is 2.96. The van der Waals surface area contributed by atoms with Crippen molar-refractivity contribution in [3.05, 3.63) is 23.8 Å². The fraction of sp³-hybridized carbons (Fsp3) is 0.562. The standard InChI is InChI=1S/C16H23N3O2/c1-4-18-7-8-19(11-12(18)2)14(10-17)13-5-6-15(20)16(9-13)21-3/h5-6,9,12,14,20H,4,7-8,11H2,1-3H3. The molecule has 2 atom stereocenters. The number of phenolic OH excluding ortho intramolecular Hbond substituents is 1. The summed E-state index contributed by atoms with van der Waals surface area (Å²) in [4.78, 5) is 4.62. The van der Waals surface area contributed by atoms with Gasteiger partial charge in [0, 0.05) is 25.7 Å². The van der Waals surface area contributed by atoms with Crippen molar-refractivity contribution < 1.29 is 9.84 Å². The van der Waals surface area contributed by atoms with Gasteiger partial charge in [-0.25, -0.2) is 0 Å². The van der Waals surface area contributed by atoms with E-state index in [1.54, 1.807) is 18.2 Å². The Bertz CT molecular complexity index is 527. The number of rotatable bonds is 4. The Morgan fingerprint density at radius 2 is 2.24 bits per heavy atom. The molecule has 2 unspecified atom stereocenters. The first-order valence-corrected chi connectivity index (χ1v) is 7.35. The van der Waals surface area contributed by atoms with Crippen LogP contribution in [0, 0.1) is 11.3 Å². The zero-order valence-corrected chi connectivity index (χ0v) is 12.9. The smallest absolute Gasteiger partial charge is 0.160 e. The van der Waals surface area contributed by atoms with Crippen LogP contribution in [0.25, 0.3) is 0 Å². The molecule has 5 nitrogen and oxygen atoms in total. The highest BCUT2D eigenvalue weighted by molar-refractivity contribution is 5.43. The normalized spacial score (nSPS) is 21.7. The molecule has 114 valence electrons. The third-order valence-corrected chi connectivity index (χ3v) is 4.21. The molecule has 21 heavy (non-hydrogen) atoms. The van der Waals surface area contributed by atoms with Crippen LogP contribution in [0.1, 0.15) is 25.5 Å². The summed E-state index contributed by atoms with van der Waals surface area (Å²) in [7, 11) is 1.52. The van der Waals surface area contributed by atoms with Crippen LogP contribution in [0.2, 0.25) is 0 Å². The fourth-order valence-corrected chi connectivity index (χ4v) is 2.96. The Morgan fingerprint density at radius 1 is 1.48 bits per heavy atom. The average Bonchev–Trinajstić information content (AvgIpc) is 2.49. The van der Waals surface area contributed by atoms with E-state index >= 15 is 0 Å². The second kappa shape index (κ2) is 6.79. The van der Waals surface area contributed by atoms with Gasteiger partial charge in [-0.2, -0.15) is 5.26 Å². The Morgan fingerprint density at radius 3 is 2.81 bits per heavy atom. The lowest BCUT2D eigenvalue weighted by atomic mass is 10.0. The Hall–Kier alpha value is -1.77. The summed E-state index contributed by atoms with van der Waals surface area (Å²) >= 11 is 0. The van der Waals surface area contributed by atoms with Crippen LogP contribution < -0.4 is 4.74 Å². The van der Waals surface area contributed by atoms with Gasteiger partial charge in [-0.3, -0.25) is 9.80 Å². The number of phenols is 1. The third kappa shape index (κ3) is 3.29. The maximum atomic E-state index is 9.68. The number of aromatic hydroxyl groups is 1. The SMILES string of the molecule is CCN1CCN(C(C#N)c2ccc(O)c(OC)c2)CC1C. The highest BCUT2D eigenvalue weighted by atomic mass is 16.5. The van der Waals surface area contributed by atoms with Crippen LogP contribution in [0.15, 0.2) is 18.2 Å². The molecule has 0 amide bonds. The topological polar surface area (TPSA) is 59.7 Å². The number of hydrogen-bond donors (Lipinski definition) is 1. The summed E-state index contributed by atoms with van der Waals surface area (Å²) < 4.78 is 5.14. The van der Waals surface area contributed by atoms with Gasteiger partial charge in [0.1, 0.15) is 6.04 Å². The van der Waals surface area contributed by atoms with Crippen molar-refractivity contribution in [1.29, 1.82) is 5.26 Å². The van der Waals surface area contributed by atoms with Crippen LogP contribution in [0.5, 0.6) is 11.5 Å². The second-order valence-electron chi connectivity index (χ2n) is 5.44. The molecule has 1 fully saturated rings. The van der Waals surface area contributed by atoms with Gasteiger partial charge >= 0.3 is 0 Å². The van der Waals surface area contributed by atoms with Crippen molar-refractivity contribution in [2.75, 3.05) is 33.3 Å². The van der Waals surface area contributed by atoms with Crippen LogP contribution >= 0.6 is 0 Å². The van der Waals surface area contributed by atoms with Crippen LogP contribution in [0.4, 0.5) is 0 Å². The number of hydrogen-bond acceptors (Lipinski definition) is 5. The van der Waals surface area contributed by atoms with E-state index in [4.69, 9.17) is 4.74 Å². The van der Waals surface area contributed by atoms with E-state index in [2.05, 4.69) is 29.7 Å². The monoisotopic (exact) mass is 289 g/mol. The van der Waals surface area contributed by atoms with E-state index in [0.717, 1.165) is 31.7 Å². The molecule has 5 heteroatoms. The second-order valence-corrected chi connectivity index (χ2v) is 5.44. The maximum Gasteiger partial charge on any atom is 0.160 e. The van der Waals surface area contributed by atoms with Gasteiger partial charge in [-0.1, -0.05) is 13.0 Å². The number of benzene rings is 1. The number of ether oxygens (including phenoxy) is 1. The molecule has 1 aromatic rings. The molecule has 1 aliphatic heterocycles. The summed E-state index contributed by atoms with van der Waals surface area (Å²) in [6.07, 6.45) is 0. The summed E-state index contributed by atoms with van der Waals surface area (Å²) in [6.45, 7) is 8.12. The third-order valence-electron chi connectivity index (χ3n) is 4.21. The lowest BCUT2D eigenvalue weighted by Crippen LogP contribution is -2.52. The van der Waals surface area contributed by atoms with Crippen molar-refractivity contribution in [3.8, 4) is 17.6 Å². The largest absolute Gasteiger partial charge is 0.504 e. The maximum absolute atomic E-state index is 9.68. The van der Waals surface area contributed by atoms with Crippen molar-refractivity contribution in [2.45, 2.75) is 25.9 Å². The van der Waals surface area contributed by atoms with Gasteiger partial charge in [0.15, 0.2) is 11.5 Å². The number of nitriles is 1. The molecule has 2 rings (SSSR count). The minimum Gasteiger partial charge on any atom is -0.504 e. The van der Waals surface area contributed by atoms with Crippen LogP contribution in [-0.2, 0) is 0 Å². The first-order valence-electron chi connectivity index (χ1n) is 7.35. The highest BCUT2D eigenvalue weighted by Crippen LogP contribution is 2.31. The number of likely N-dealkylation sites (N-methyl/N-ethyl adjacent to an activating group) is 1. The van der Waals surface area contributed by atoms with Crippen molar-refractivity contribution in [3.63, 3.8) is 0 Å². The van der Waals surface area contributed by atoms with Crippen molar-refractivity contribution in [2.24, 2.45) is 0 Å². The summed E-state index contributed by atoms with van der Waals surface area (Å²) in [6, 6.07) is 7.65. The van der Waals surface area contributed by atoms with Gasteiger partial charge < -0.3 is 9.84 Å². The van der Waals surface area contributed by atoms with E-state index in [0.29, 0.717) is 11.8 Å². The molecule has 0 spiro atoms. The first kappa shape index (κ1) is 15.6. The van der Waals surface area contributed by atoms with Crippen molar-refractivity contribution in [1.82, 2.24) is 9.80 Å². The Labute approximate surface area is 126 Å². The van der Waals surface area contributed by atoms with Gasteiger partial charge in [-0.15, -0.1) is 0 Å². The molecule has 1 aromatic carbocycles. The van der Waals surface area contributed by atoms with E-state index in [1.807, 2.05) is 0 Å². The lowest BCUT2D eigenvalue weighted by molar-refractivity contribution is 0.0729. The number of methoxy groups -OCH3 is 1. The predicted octanol–water partition coefficient (Wildman–Crippen LogP) is 1.99. The van der Waals surface area contributed by atoms with Gasteiger partial charge in [-0.05, 0) is 31.2 Å². The average molecular weight is 289 g/mol. The number of nitrogens with zero attached hydrogens (tertiary/aromatic N) is 3. The van der Waals surface area contributed by atoms with Gasteiger partial charge in [0.25, 0.3) is 0 Å². The van der Waals surface area contributed by atoms with Gasteiger partial charge in [0.2, 0.25) is 0 Å². The molecular formula is C16H23N3O2. The zero-order valence-electron chi connectivity index (χ0n) is 12.9. The van der Waals surface area contributed by atoms with E-state index in [-0.39, 0.29) is 11.8 Å². The van der Waals surface area contributed by atoms with Crippen LogP contribution in [0.3, 0.4) is 0 Å². The quantitative estimate of drug-likeness (QED) is 0.918. The summed E-state index contributed by atoms with van der Waals surface area (Å²) in [5.74, 6) is 0.509. The van der Waals surface area contributed by atoms with Crippen molar-refractivity contribution >= 4 is 0 Å². The molecule has 0 aliphatic carbocycles. The van der Waals surface area contributed by atoms with E-state index in [9.17, 15) is 10.4 Å². The lowest BCUT2D eigenvalue weighted by Gasteiger charge is -2.41. The molecule has 0 aromatic heterocycles. The Balaban J connectivity index is 2.19. The molecule has 1 aliphatic rings. The predicted molar refractivity (Wildman–Crippen MR) is 81.3 cm³/mol. The molecule has 0 radical (unpaired) electrons. The molecular weight excluding hydrogens is 266 g/mol. The first-order chi connectivity index (χ1) is 10.1. The molecule has 1 heterocycles. The number of piperazine rings is 1. The molecule has 1 N–H and O–H groups in total. The Kier molecular flexibility index (Phi) is 5.05. The van der Waals surface area contributed by atoms with Crippen LogP contribution in [-0.4, -0.2) is 54.2 Å². The minimum absolute atomic E-state index is 0.0992. The highest BCUT2D eigenvalue weighted by Gasteiger charge is 2.28. The minimum atomic E-state index is -0.305.